The van der Waals surface area contributed by atoms with Crippen molar-refractivity contribution in [2.45, 2.75) is 19.4 Å². The maximum atomic E-state index is 6.02. The van der Waals surface area contributed by atoms with Gasteiger partial charge in [0.25, 0.3) is 0 Å². The third-order valence-electron chi connectivity index (χ3n) is 5.40. The third-order valence-corrected chi connectivity index (χ3v) is 5.65. The Bertz CT molecular complexity index is 1080. The van der Waals surface area contributed by atoms with Crippen molar-refractivity contribution in [3.63, 3.8) is 0 Å². The number of halogens is 1. The van der Waals surface area contributed by atoms with Crippen molar-refractivity contribution in [2.24, 2.45) is 0 Å². The molecule has 0 spiro atoms. The zero-order chi connectivity index (χ0) is 18.2. The van der Waals surface area contributed by atoms with Gasteiger partial charge in [-0.25, -0.2) is 0 Å². The smallest absolute Gasteiger partial charge is 0.143 e. The molecule has 0 radical (unpaired) electrons. The van der Waals surface area contributed by atoms with E-state index in [0.717, 1.165) is 54.5 Å². The van der Waals surface area contributed by atoms with Gasteiger partial charge >= 0.3 is 0 Å². The highest BCUT2D eigenvalue weighted by Gasteiger charge is 2.24. The van der Waals surface area contributed by atoms with Crippen LogP contribution in [-0.4, -0.2) is 28.1 Å². The van der Waals surface area contributed by atoms with Crippen molar-refractivity contribution < 1.29 is 4.52 Å². The lowest BCUT2D eigenvalue weighted by atomic mass is 10.0. The monoisotopic (exact) mass is 377 g/mol. The van der Waals surface area contributed by atoms with Crippen LogP contribution in [0.4, 0.5) is 0 Å². The van der Waals surface area contributed by atoms with E-state index in [9.17, 15) is 0 Å². The number of rotatable bonds is 4. The van der Waals surface area contributed by atoms with Crippen LogP contribution < -0.4 is 0 Å². The predicted octanol–water partition coefficient (Wildman–Crippen LogP) is 5.08. The third kappa shape index (κ3) is 3.15. The minimum atomic E-state index is 0.733. The Hall–Kier alpha value is -2.56. The first-order valence-corrected chi connectivity index (χ1v) is 9.66. The van der Waals surface area contributed by atoms with Crippen molar-refractivity contribution in [3.05, 3.63) is 76.6 Å². The fourth-order valence-corrected chi connectivity index (χ4v) is 4.03. The number of hydrogen-bond donors (Lipinski definition) is 1. The van der Waals surface area contributed by atoms with Crippen LogP contribution in [0.3, 0.4) is 0 Å². The average Bonchev–Trinajstić information content (AvgIpc) is 3.31. The van der Waals surface area contributed by atoms with Crippen molar-refractivity contribution in [1.82, 2.24) is 15.0 Å². The number of nitrogens with zero attached hydrogens (tertiary/aromatic N) is 2. The molecule has 4 aromatic rings. The van der Waals surface area contributed by atoms with Crippen LogP contribution in [0.5, 0.6) is 0 Å². The normalized spacial score (nSPS) is 14.6. The largest absolute Gasteiger partial charge is 0.361 e. The van der Waals surface area contributed by atoms with Gasteiger partial charge < -0.3 is 9.51 Å². The molecule has 0 fully saturated rings. The Kier molecular flexibility index (Phi) is 4.23. The average molecular weight is 378 g/mol. The number of hydrogen-bond acceptors (Lipinski definition) is 3. The summed E-state index contributed by atoms with van der Waals surface area (Å²) in [6, 6.07) is 16.3. The summed E-state index contributed by atoms with van der Waals surface area (Å²) < 4.78 is 5.61. The summed E-state index contributed by atoms with van der Waals surface area (Å²) in [7, 11) is 0. The number of H-pyrrole nitrogens is 1. The molecule has 0 aliphatic carbocycles. The second kappa shape index (κ2) is 6.87. The Labute approximate surface area is 162 Å². The molecule has 0 saturated carbocycles. The van der Waals surface area contributed by atoms with E-state index in [0.29, 0.717) is 0 Å². The molecule has 0 amide bonds. The molecule has 1 N–H and O–H groups in total. The van der Waals surface area contributed by atoms with Crippen LogP contribution in [0.15, 0.2) is 59.3 Å². The highest BCUT2D eigenvalue weighted by atomic mass is 35.5. The van der Waals surface area contributed by atoms with Crippen LogP contribution in [0, 0.1) is 0 Å². The maximum absolute atomic E-state index is 6.02. The van der Waals surface area contributed by atoms with Gasteiger partial charge in [0.05, 0.1) is 0 Å². The molecular weight excluding hydrogens is 358 g/mol. The van der Waals surface area contributed by atoms with Gasteiger partial charge in [0.15, 0.2) is 0 Å². The van der Waals surface area contributed by atoms with Crippen LogP contribution in [-0.2, 0) is 19.4 Å². The van der Waals surface area contributed by atoms with E-state index in [4.69, 9.17) is 16.1 Å². The molecule has 2 aromatic carbocycles. The van der Waals surface area contributed by atoms with E-state index >= 15 is 0 Å². The quantitative estimate of drug-likeness (QED) is 0.539. The van der Waals surface area contributed by atoms with Gasteiger partial charge in [-0.2, -0.15) is 0 Å². The lowest BCUT2D eigenvalue weighted by Crippen LogP contribution is -2.31. The zero-order valence-corrected chi connectivity index (χ0v) is 15.7. The second-order valence-corrected chi connectivity index (χ2v) is 7.51. The first kappa shape index (κ1) is 16.6. The van der Waals surface area contributed by atoms with E-state index in [2.05, 4.69) is 45.5 Å². The molecule has 2 aromatic heterocycles. The van der Waals surface area contributed by atoms with Crippen molar-refractivity contribution in [2.75, 3.05) is 13.1 Å². The Balaban J connectivity index is 1.33. The van der Waals surface area contributed by atoms with Crippen LogP contribution in [0.1, 0.15) is 16.9 Å². The van der Waals surface area contributed by atoms with Gasteiger partial charge in [-0.1, -0.05) is 47.1 Å². The highest BCUT2D eigenvalue weighted by Crippen LogP contribution is 2.31. The fraction of sp³-hybridized carbons (Fsp3) is 0.227. The molecule has 136 valence electrons. The van der Waals surface area contributed by atoms with Crippen LogP contribution >= 0.6 is 11.6 Å². The number of aromatic amines is 1. The van der Waals surface area contributed by atoms with Gasteiger partial charge in [0, 0.05) is 59.3 Å². The Morgan fingerprint density at radius 2 is 1.96 bits per heavy atom. The SMILES string of the molecule is Clc1ccc(-c2noc3c2CN(CCc2c[nH]c4ccccc24)CC3)cc1. The van der Waals surface area contributed by atoms with Crippen molar-refractivity contribution >= 4 is 22.5 Å². The molecule has 1 aliphatic rings. The lowest BCUT2D eigenvalue weighted by molar-refractivity contribution is 0.239. The predicted molar refractivity (Wildman–Crippen MR) is 108 cm³/mol. The number of nitrogens with one attached hydrogen (secondary N) is 1. The highest BCUT2D eigenvalue weighted by molar-refractivity contribution is 6.30. The molecular formula is C22H20ClN3O. The summed E-state index contributed by atoms with van der Waals surface area (Å²) in [5, 5.41) is 6.39. The summed E-state index contributed by atoms with van der Waals surface area (Å²) in [5.74, 6) is 1.02. The summed E-state index contributed by atoms with van der Waals surface area (Å²) in [6.07, 6.45) is 4.07. The number of para-hydroxylation sites is 1. The summed E-state index contributed by atoms with van der Waals surface area (Å²) >= 11 is 6.02. The van der Waals surface area contributed by atoms with Gasteiger partial charge in [-0.05, 0) is 30.2 Å². The molecule has 27 heavy (non-hydrogen) atoms. The molecule has 3 heterocycles. The molecule has 1 aliphatic heterocycles. The standard InChI is InChI=1S/C22H20ClN3O/c23-17-7-5-15(6-8-17)22-19-14-26(12-10-21(19)27-25-22)11-9-16-13-24-20-4-2-1-3-18(16)20/h1-8,13,24H,9-12,14H2. The molecule has 0 bridgehead atoms. The van der Waals surface area contributed by atoms with E-state index < -0.39 is 0 Å². The molecule has 5 rings (SSSR count). The molecule has 5 heteroatoms. The van der Waals surface area contributed by atoms with E-state index in [-0.39, 0.29) is 0 Å². The summed E-state index contributed by atoms with van der Waals surface area (Å²) in [6.45, 7) is 2.90. The Morgan fingerprint density at radius 1 is 1.11 bits per heavy atom. The maximum Gasteiger partial charge on any atom is 0.143 e. The van der Waals surface area contributed by atoms with E-state index in [1.165, 1.54) is 22.0 Å². The molecule has 0 unspecified atom stereocenters. The number of aromatic nitrogens is 2. The van der Waals surface area contributed by atoms with Crippen LogP contribution in [0.2, 0.25) is 5.02 Å². The topological polar surface area (TPSA) is 45.1 Å². The first-order valence-electron chi connectivity index (χ1n) is 9.28. The van der Waals surface area contributed by atoms with Crippen molar-refractivity contribution in [3.8, 4) is 11.3 Å². The molecule has 0 atom stereocenters. The zero-order valence-electron chi connectivity index (χ0n) is 14.9. The van der Waals surface area contributed by atoms with Gasteiger partial charge in [-0.15, -0.1) is 0 Å². The Morgan fingerprint density at radius 3 is 2.85 bits per heavy atom. The number of fused-ring (bicyclic) bond motifs is 2. The van der Waals surface area contributed by atoms with Crippen molar-refractivity contribution in [1.29, 1.82) is 0 Å². The minimum absolute atomic E-state index is 0.733. The summed E-state index contributed by atoms with van der Waals surface area (Å²) in [5.41, 5.74) is 5.79. The minimum Gasteiger partial charge on any atom is -0.361 e. The van der Waals surface area contributed by atoms with Gasteiger partial charge in [0.1, 0.15) is 11.5 Å². The lowest BCUT2D eigenvalue weighted by Gasteiger charge is -2.26. The second-order valence-electron chi connectivity index (χ2n) is 7.08. The van der Waals surface area contributed by atoms with E-state index in [1.54, 1.807) is 0 Å². The van der Waals surface area contributed by atoms with Gasteiger partial charge in [-0.3, -0.25) is 4.90 Å². The molecule has 0 saturated heterocycles. The fourth-order valence-electron chi connectivity index (χ4n) is 3.91. The molecule has 4 nitrogen and oxygen atoms in total. The first-order chi connectivity index (χ1) is 13.3. The number of benzene rings is 2. The van der Waals surface area contributed by atoms with Gasteiger partial charge in [0.2, 0.25) is 0 Å². The van der Waals surface area contributed by atoms with E-state index in [1.807, 2.05) is 24.3 Å². The van der Waals surface area contributed by atoms with Crippen LogP contribution in [0.25, 0.3) is 22.2 Å². The summed E-state index contributed by atoms with van der Waals surface area (Å²) in [4.78, 5) is 5.86.